The number of benzene rings is 1. The van der Waals surface area contributed by atoms with Crippen LogP contribution in [0.25, 0.3) is 0 Å². The Morgan fingerprint density at radius 3 is 2.70 bits per heavy atom. The molecule has 0 radical (unpaired) electrons. The first-order chi connectivity index (χ1) is 11.2. The predicted octanol–water partition coefficient (Wildman–Crippen LogP) is 4.84. The molecule has 0 N–H and O–H groups in total. The summed E-state index contributed by atoms with van der Waals surface area (Å²) < 4.78 is 5.73. The molecule has 3 rings (SSSR count). The lowest BCUT2D eigenvalue weighted by atomic mass is 9.98. The Kier molecular flexibility index (Phi) is 4.63. The third-order valence-corrected chi connectivity index (χ3v) is 4.04. The number of aliphatic imine (C=N–C) groups is 1. The van der Waals surface area contributed by atoms with Crippen LogP contribution in [0.15, 0.2) is 59.4 Å². The molecule has 23 heavy (non-hydrogen) atoms. The van der Waals surface area contributed by atoms with E-state index in [0.29, 0.717) is 16.7 Å². The number of halogens is 1. The molecule has 2 heterocycles. The van der Waals surface area contributed by atoms with Crippen molar-refractivity contribution < 1.29 is 4.74 Å². The number of rotatable bonds is 4. The maximum Gasteiger partial charge on any atom is 0.238 e. The number of hydrogen-bond donors (Lipinski definition) is 0. The van der Waals surface area contributed by atoms with Crippen LogP contribution in [-0.4, -0.2) is 22.8 Å². The molecule has 118 valence electrons. The van der Waals surface area contributed by atoms with Crippen molar-refractivity contribution in [2.24, 2.45) is 4.99 Å². The summed E-state index contributed by atoms with van der Waals surface area (Å²) in [6, 6.07) is 11.8. The van der Waals surface area contributed by atoms with E-state index in [1.807, 2.05) is 24.7 Å². The molecule has 0 aliphatic carbocycles. The van der Waals surface area contributed by atoms with E-state index in [9.17, 15) is 0 Å². The summed E-state index contributed by atoms with van der Waals surface area (Å²) in [5.41, 5.74) is 2.42. The van der Waals surface area contributed by atoms with Gasteiger partial charge in [-0.05, 0) is 49.2 Å². The zero-order valence-corrected chi connectivity index (χ0v) is 13.9. The van der Waals surface area contributed by atoms with Crippen molar-refractivity contribution in [1.82, 2.24) is 9.88 Å². The Balaban J connectivity index is 1.81. The highest BCUT2D eigenvalue weighted by atomic mass is 35.5. The third kappa shape index (κ3) is 3.37. The quantitative estimate of drug-likeness (QED) is 0.806. The highest BCUT2D eigenvalue weighted by Crippen LogP contribution is 2.32. The SMILES string of the molecule is CCN1C=NC=C(C)C1c1ccc(Oc2ncccc2Cl)cc1. The first kappa shape index (κ1) is 15.6. The molecule has 1 unspecified atom stereocenters. The fourth-order valence-electron chi connectivity index (χ4n) is 2.63. The zero-order chi connectivity index (χ0) is 16.2. The summed E-state index contributed by atoms with van der Waals surface area (Å²) >= 11 is 6.07. The minimum Gasteiger partial charge on any atom is -0.438 e. The smallest absolute Gasteiger partial charge is 0.238 e. The molecule has 0 spiro atoms. The van der Waals surface area contributed by atoms with Crippen molar-refractivity contribution in [1.29, 1.82) is 0 Å². The molecule has 1 atom stereocenters. The molecule has 1 aliphatic heterocycles. The van der Waals surface area contributed by atoms with Gasteiger partial charge in [-0.3, -0.25) is 0 Å². The molecule has 0 saturated carbocycles. The molecule has 1 aromatic heterocycles. The first-order valence-electron chi connectivity index (χ1n) is 7.53. The molecule has 2 aromatic rings. The second-order valence-electron chi connectivity index (χ2n) is 5.33. The van der Waals surface area contributed by atoms with Gasteiger partial charge >= 0.3 is 0 Å². The normalized spacial score (nSPS) is 17.1. The molecule has 5 heteroatoms. The van der Waals surface area contributed by atoms with E-state index < -0.39 is 0 Å². The molecular weight excluding hydrogens is 310 g/mol. The molecule has 1 aromatic carbocycles. The van der Waals surface area contributed by atoms with Crippen LogP contribution in [0.1, 0.15) is 25.5 Å². The van der Waals surface area contributed by atoms with E-state index in [1.165, 1.54) is 11.1 Å². The topological polar surface area (TPSA) is 37.7 Å². The summed E-state index contributed by atoms with van der Waals surface area (Å²) in [6.07, 6.45) is 5.45. The van der Waals surface area contributed by atoms with Crippen molar-refractivity contribution in [3.05, 3.63) is 65.0 Å². The largest absolute Gasteiger partial charge is 0.438 e. The standard InChI is InChI=1S/C18H18ClN3O/c1-3-22-12-20-11-13(2)17(22)14-6-8-15(9-7-14)23-18-16(19)5-4-10-21-18/h4-12,17H,3H2,1-2H3. The molecule has 0 saturated heterocycles. The number of ether oxygens (including phenoxy) is 1. The van der Waals surface area contributed by atoms with E-state index in [4.69, 9.17) is 16.3 Å². The number of hydrogen-bond acceptors (Lipinski definition) is 4. The van der Waals surface area contributed by atoms with Gasteiger partial charge in [-0.2, -0.15) is 0 Å². The van der Waals surface area contributed by atoms with Crippen molar-refractivity contribution in [2.45, 2.75) is 19.9 Å². The van der Waals surface area contributed by atoms with Crippen LogP contribution in [0.4, 0.5) is 0 Å². The van der Waals surface area contributed by atoms with Crippen LogP contribution in [-0.2, 0) is 0 Å². The summed E-state index contributed by atoms with van der Waals surface area (Å²) in [4.78, 5) is 10.6. The predicted molar refractivity (Wildman–Crippen MR) is 93.1 cm³/mol. The van der Waals surface area contributed by atoms with Crippen molar-refractivity contribution in [2.75, 3.05) is 6.54 Å². The average molecular weight is 328 g/mol. The average Bonchev–Trinajstić information content (AvgIpc) is 2.57. The van der Waals surface area contributed by atoms with E-state index in [-0.39, 0.29) is 6.04 Å². The van der Waals surface area contributed by atoms with Crippen molar-refractivity contribution in [3.63, 3.8) is 0 Å². The van der Waals surface area contributed by atoms with Crippen LogP contribution < -0.4 is 4.74 Å². The molecule has 0 fully saturated rings. The van der Waals surface area contributed by atoms with Gasteiger partial charge in [0, 0.05) is 18.9 Å². The highest BCUT2D eigenvalue weighted by Gasteiger charge is 2.21. The van der Waals surface area contributed by atoms with Gasteiger partial charge < -0.3 is 9.64 Å². The molecule has 1 aliphatic rings. The zero-order valence-electron chi connectivity index (χ0n) is 13.1. The van der Waals surface area contributed by atoms with E-state index >= 15 is 0 Å². The lowest BCUT2D eigenvalue weighted by molar-refractivity contribution is 0.373. The summed E-state index contributed by atoms with van der Waals surface area (Å²) in [7, 11) is 0. The van der Waals surface area contributed by atoms with Crippen LogP contribution in [0.2, 0.25) is 5.02 Å². The molecule has 0 amide bonds. The highest BCUT2D eigenvalue weighted by molar-refractivity contribution is 6.31. The number of pyridine rings is 1. The van der Waals surface area contributed by atoms with E-state index in [2.05, 4.69) is 40.9 Å². The number of aromatic nitrogens is 1. The summed E-state index contributed by atoms with van der Waals surface area (Å²) in [6.45, 7) is 5.13. The Labute approximate surface area is 141 Å². The minimum atomic E-state index is 0.213. The van der Waals surface area contributed by atoms with Gasteiger partial charge in [-0.15, -0.1) is 0 Å². The fraction of sp³-hybridized carbons (Fsp3) is 0.222. The maximum absolute atomic E-state index is 6.07. The Morgan fingerprint density at radius 2 is 2.00 bits per heavy atom. The number of nitrogens with zero attached hydrogens (tertiary/aromatic N) is 3. The Morgan fingerprint density at radius 1 is 1.22 bits per heavy atom. The fourth-order valence-corrected chi connectivity index (χ4v) is 2.79. The van der Waals surface area contributed by atoms with Gasteiger partial charge in [0.1, 0.15) is 10.8 Å². The van der Waals surface area contributed by atoms with E-state index in [1.54, 1.807) is 18.3 Å². The molecular formula is C18H18ClN3O. The Bertz CT molecular complexity index is 740. The number of likely N-dealkylation sites (N-methyl/N-ethyl adjacent to an activating group) is 1. The van der Waals surface area contributed by atoms with Crippen LogP contribution in [0, 0.1) is 0 Å². The van der Waals surface area contributed by atoms with Gasteiger partial charge in [0.25, 0.3) is 0 Å². The van der Waals surface area contributed by atoms with Crippen LogP contribution in [0.5, 0.6) is 11.6 Å². The van der Waals surface area contributed by atoms with Gasteiger partial charge in [-0.25, -0.2) is 9.98 Å². The molecule has 4 nitrogen and oxygen atoms in total. The lowest BCUT2D eigenvalue weighted by Crippen LogP contribution is -2.29. The summed E-state index contributed by atoms with van der Waals surface area (Å²) in [5.74, 6) is 1.13. The van der Waals surface area contributed by atoms with Crippen LogP contribution >= 0.6 is 11.6 Å². The lowest BCUT2D eigenvalue weighted by Gasteiger charge is -2.32. The van der Waals surface area contributed by atoms with Gasteiger partial charge in [0.05, 0.1) is 12.4 Å². The summed E-state index contributed by atoms with van der Waals surface area (Å²) in [5, 5.41) is 0.496. The van der Waals surface area contributed by atoms with Gasteiger partial charge in [0.15, 0.2) is 0 Å². The van der Waals surface area contributed by atoms with Crippen molar-refractivity contribution in [3.8, 4) is 11.6 Å². The van der Waals surface area contributed by atoms with Crippen molar-refractivity contribution >= 4 is 17.9 Å². The van der Waals surface area contributed by atoms with Gasteiger partial charge in [-0.1, -0.05) is 23.7 Å². The maximum atomic E-state index is 6.07. The first-order valence-corrected chi connectivity index (χ1v) is 7.91. The second-order valence-corrected chi connectivity index (χ2v) is 5.74. The van der Waals surface area contributed by atoms with Crippen LogP contribution in [0.3, 0.4) is 0 Å². The minimum absolute atomic E-state index is 0.213. The molecule has 0 bridgehead atoms. The Hall–Kier alpha value is -2.33. The van der Waals surface area contributed by atoms with E-state index in [0.717, 1.165) is 6.54 Å². The third-order valence-electron chi connectivity index (χ3n) is 3.76. The van der Waals surface area contributed by atoms with Gasteiger partial charge in [0.2, 0.25) is 5.88 Å². The monoisotopic (exact) mass is 327 g/mol. The second kappa shape index (κ2) is 6.84.